The molecule has 9 amide bonds. The van der Waals surface area contributed by atoms with Gasteiger partial charge in [0.25, 0.3) is 5.91 Å². The molecule has 71 heavy (non-hydrogen) atoms. The number of carboxylic acid groups (broad SMARTS) is 3. The number of benzene rings is 2. The number of nitrogens with two attached hydrogens (primary N) is 1. The Bertz CT molecular complexity index is 2290. The van der Waals surface area contributed by atoms with E-state index in [0.717, 1.165) is 18.2 Å². The Hall–Kier alpha value is -8.00. The zero-order valence-corrected chi connectivity index (χ0v) is 39.5. The molecule has 2 rings (SSSR count). The highest BCUT2D eigenvalue weighted by atomic mass is 16.4. The third kappa shape index (κ3) is 19.1. The Morgan fingerprint density at radius 2 is 1.13 bits per heavy atom. The lowest BCUT2D eigenvalue weighted by Crippen LogP contribution is -2.60. The summed E-state index contributed by atoms with van der Waals surface area (Å²) < 4.78 is 0. The van der Waals surface area contributed by atoms with Crippen LogP contribution >= 0.6 is 0 Å². The van der Waals surface area contributed by atoms with E-state index in [1.165, 1.54) is 6.92 Å². The molecule has 0 saturated heterocycles. The number of aliphatic carboxylic acids is 1. The largest absolute Gasteiger partial charge is 0.480 e. The molecule has 0 spiro atoms. The monoisotopic (exact) mass is 999 g/mol. The van der Waals surface area contributed by atoms with E-state index < -0.39 is 162 Å². The molecular formula is C45H61N9O17. The molecule has 0 heterocycles. The van der Waals surface area contributed by atoms with Crippen molar-refractivity contribution in [3.8, 4) is 0 Å². The third-order valence-corrected chi connectivity index (χ3v) is 10.6. The molecule has 0 aliphatic carbocycles. The van der Waals surface area contributed by atoms with Gasteiger partial charge in [0.05, 0.1) is 37.3 Å². The van der Waals surface area contributed by atoms with Crippen LogP contribution in [0.5, 0.6) is 0 Å². The zero-order chi connectivity index (χ0) is 53.7. The van der Waals surface area contributed by atoms with Crippen LogP contribution < -0.4 is 48.3 Å². The van der Waals surface area contributed by atoms with Gasteiger partial charge >= 0.3 is 17.9 Å². The number of amides is 9. The molecule has 26 heteroatoms. The van der Waals surface area contributed by atoms with E-state index in [1.807, 2.05) is 5.32 Å². The van der Waals surface area contributed by atoms with E-state index in [1.54, 1.807) is 58.0 Å². The maximum atomic E-state index is 13.7. The Morgan fingerprint density at radius 1 is 0.577 bits per heavy atom. The molecule has 388 valence electrons. The highest BCUT2D eigenvalue weighted by Crippen LogP contribution is 2.15. The van der Waals surface area contributed by atoms with E-state index in [2.05, 4.69) is 37.2 Å². The molecule has 0 fully saturated rings. The Kier molecular flexibility index (Phi) is 23.7. The minimum Gasteiger partial charge on any atom is -0.480 e. The maximum Gasteiger partial charge on any atom is 0.336 e. The Balaban J connectivity index is 2.21. The van der Waals surface area contributed by atoms with Crippen molar-refractivity contribution in [1.82, 2.24) is 42.5 Å². The number of carbonyl (C=O) groups excluding carboxylic acids is 9. The highest BCUT2D eigenvalue weighted by molar-refractivity contribution is 6.06. The van der Waals surface area contributed by atoms with Crippen molar-refractivity contribution >= 4 is 71.1 Å². The van der Waals surface area contributed by atoms with Crippen LogP contribution in [0.3, 0.4) is 0 Å². The van der Waals surface area contributed by atoms with Crippen LogP contribution in [-0.4, -0.2) is 159 Å². The topological polar surface area (TPSA) is 428 Å². The fourth-order valence-electron chi connectivity index (χ4n) is 6.55. The van der Waals surface area contributed by atoms with Gasteiger partial charge in [-0.3, -0.25) is 43.2 Å². The molecule has 15 N–H and O–H groups in total. The minimum atomic E-state index is -1.74. The van der Waals surface area contributed by atoms with Crippen molar-refractivity contribution in [3.05, 3.63) is 70.8 Å². The average Bonchev–Trinajstić information content (AvgIpc) is 3.31. The predicted octanol–water partition coefficient (Wildman–Crippen LogP) is -3.49. The van der Waals surface area contributed by atoms with Crippen LogP contribution in [0.25, 0.3) is 0 Å². The standard InChI is InChI=1S/C45H61N9O17/c1-6-22(4)35(42(65)51-28(14-21(2)3)39(62)52-31(19-55)41(64)53-32(20-56)45(70)71)54-36(59)23(5)48-34(58)18-47-38(61)29(15-24-10-8-7-9-11-24)50-40(63)30(17-33(46)57)49-37(60)25-12-13-26(43(66)67)27(16-25)44(68)69/h7-13,16,21-23,28-32,35,55-56H,6,14-15,17-20H2,1-5H3,(H2,46,57)(H,47,61)(H,48,58)(H,49,60)(H,50,63)(H,51,65)(H,52,62)(H,53,64)(H,54,59)(H,66,67)(H,68,69)(H,70,71)/t22-,23-,28-,29-,30-,31-,32-,35-/m0/s1. The average molecular weight is 1000 g/mol. The second-order valence-electron chi connectivity index (χ2n) is 16.7. The van der Waals surface area contributed by atoms with Crippen LogP contribution in [0, 0.1) is 11.8 Å². The number of primary amides is 1. The van der Waals surface area contributed by atoms with Gasteiger partial charge in [0.2, 0.25) is 47.3 Å². The summed E-state index contributed by atoms with van der Waals surface area (Å²) in [5.74, 6) is -14.5. The lowest BCUT2D eigenvalue weighted by atomic mass is 9.96. The highest BCUT2D eigenvalue weighted by Gasteiger charge is 2.35. The van der Waals surface area contributed by atoms with E-state index in [0.29, 0.717) is 12.0 Å². The molecule has 0 unspecified atom stereocenters. The van der Waals surface area contributed by atoms with Crippen molar-refractivity contribution in [1.29, 1.82) is 0 Å². The Morgan fingerprint density at radius 3 is 1.66 bits per heavy atom. The summed E-state index contributed by atoms with van der Waals surface area (Å²) >= 11 is 0. The number of aliphatic hydroxyl groups is 2. The molecule has 2 aromatic rings. The van der Waals surface area contributed by atoms with Crippen molar-refractivity contribution in [3.63, 3.8) is 0 Å². The molecular weight excluding hydrogens is 939 g/mol. The quantitative estimate of drug-likeness (QED) is 0.0376. The smallest absolute Gasteiger partial charge is 0.336 e. The lowest BCUT2D eigenvalue weighted by Gasteiger charge is -2.29. The van der Waals surface area contributed by atoms with Crippen molar-refractivity contribution in [2.75, 3.05) is 19.8 Å². The number of rotatable bonds is 29. The number of hydrogen-bond donors (Lipinski definition) is 14. The van der Waals surface area contributed by atoms with Crippen LogP contribution in [0.4, 0.5) is 0 Å². The van der Waals surface area contributed by atoms with Gasteiger partial charge < -0.3 is 73.8 Å². The fourth-order valence-corrected chi connectivity index (χ4v) is 6.55. The molecule has 0 bridgehead atoms. The summed E-state index contributed by atoms with van der Waals surface area (Å²) in [6.45, 7) is 5.35. The molecule has 0 radical (unpaired) electrons. The molecule has 0 aliphatic rings. The van der Waals surface area contributed by atoms with Crippen molar-refractivity contribution in [2.24, 2.45) is 17.6 Å². The second kappa shape index (κ2) is 28.5. The zero-order valence-electron chi connectivity index (χ0n) is 39.5. The number of hydrogen-bond acceptors (Lipinski definition) is 14. The van der Waals surface area contributed by atoms with Gasteiger partial charge in [0.15, 0.2) is 0 Å². The van der Waals surface area contributed by atoms with Gasteiger partial charge in [0.1, 0.15) is 42.3 Å². The first-order valence-electron chi connectivity index (χ1n) is 22.1. The van der Waals surface area contributed by atoms with Gasteiger partial charge in [-0.2, -0.15) is 0 Å². The van der Waals surface area contributed by atoms with Crippen LogP contribution in [0.2, 0.25) is 0 Å². The molecule has 2 aromatic carbocycles. The number of nitrogens with one attached hydrogen (secondary N) is 8. The molecule has 8 atom stereocenters. The normalized spacial score (nSPS) is 14.3. The molecule has 26 nitrogen and oxygen atoms in total. The summed E-state index contributed by atoms with van der Waals surface area (Å²) in [7, 11) is 0. The first-order valence-corrected chi connectivity index (χ1v) is 22.1. The third-order valence-electron chi connectivity index (χ3n) is 10.6. The van der Waals surface area contributed by atoms with Crippen LogP contribution in [0.15, 0.2) is 48.5 Å². The number of aromatic carboxylic acids is 2. The van der Waals surface area contributed by atoms with Gasteiger partial charge in [-0.05, 0) is 48.9 Å². The molecule has 0 saturated carbocycles. The maximum absolute atomic E-state index is 13.7. The summed E-state index contributed by atoms with van der Waals surface area (Å²) in [5, 5.41) is 65.7. The first-order chi connectivity index (χ1) is 33.3. The number of carboxylic acids is 3. The van der Waals surface area contributed by atoms with Gasteiger partial charge in [0, 0.05) is 12.0 Å². The van der Waals surface area contributed by atoms with E-state index in [-0.39, 0.29) is 18.8 Å². The van der Waals surface area contributed by atoms with E-state index in [4.69, 9.17) is 10.8 Å². The van der Waals surface area contributed by atoms with Crippen molar-refractivity contribution < 1.29 is 83.1 Å². The van der Waals surface area contributed by atoms with E-state index in [9.17, 15) is 78.0 Å². The van der Waals surface area contributed by atoms with E-state index >= 15 is 0 Å². The predicted molar refractivity (Wildman–Crippen MR) is 247 cm³/mol. The summed E-state index contributed by atoms with van der Waals surface area (Å²) in [6, 6.07) is 0.187. The first kappa shape index (κ1) is 59.1. The minimum absolute atomic E-state index is 0.00877. The molecule has 0 aromatic heterocycles. The molecule has 0 aliphatic heterocycles. The second-order valence-corrected chi connectivity index (χ2v) is 16.7. The van der Waals surface area contributed by atoms with Gasteiger partial charge in [-0.1, -0.05) is 64.4 Å². The summed E-state index contributed by atoms with van der Waals surface area (Å²) in [6.07, 6.45) is -0.653. The van der Waals surface area contributed by atoms with Gasteiger partial charge in [-0.15, -0.1) is 0 Å². The SMILES string of the molecule is CC[C@H](C)[C@H](NC(=O)[C@H](C)NC(=O)CNC(=O)[C@H](Cc1ccccc1)NC(=O)[C@H](CC(N)=O)NC(=O)c1ccc(C(=O)O)c(C(=O)O)c1)C(=O)N[C@@H](CC(C)C)C(=O)N[C@@H](CO)C(=O)N[C@@H](CO)C(=O)O. The van der Waals surface area contributed by atoms with Crippen molar-refractivity contribution in [2.45, 2.75) is 103 Å². The lowest BCUT2D eigenvalue weighted by molar-refractivity contribution is -0.143. The van der Waals surface area contributed by atoms with Crippen LogP contribution in [0.1, 0.15) is 90.5 Å². The summed E-state index contributed by atoms with van der Waals surface area (Å²) in [4.78, 5) is 153. The number of aliphatic hydroxyl groups excluding tert-OH is 2. The fraction of sp³-hybridized carbons (Fsp3) is 0.467. The summed E-state index contributed by atoms with van der Waals surface area (Å²) in [5.41, 5.74) is 4.09. The van der Waals surface area contributed by atoms with Gasteiger partial charge in [-0.25, -0.2) is 14.4 Å². The van der Waals surface area contributed by atoms with Crippen LogP contribution in [-0.2, 0) is 49.6 Å². The number of carbonyl (C=O) groups is 12. The Labute approximate surface area is 406 Å².